The number of rotatable bonds is 4. The van der Waals surface area contributed by atoms with Crippen LogP contribution in [0.25, 0.3) is 0 Å². The Balaban J connectivity index is 0.00000144. The van der Waals surface area contributed by atoms with Crippen LogP contribution in [0.4, 0.5) is 0 Å². The van der Waals surface area contributed by atoms with Gasteiger partial charge in [-0.25, -0.2) is 4.98 Å². The molecule has 7 heteroatoms. The maximum absolute atomic E-state index is 11.7. The number of carbonyl (C=O) groups excluding carboxylic acids is 1. The van der Waals surface area contributed by atoms with E-state index in [2.05, 4.69) is 15.6 Å². The van der Waals surface area contributed by atoms with Crippen molar-refractivity contribution in [2.24, 2.45) is 0 Å². The number of carbonyl (C=O) groups is 1. The molecule has 1 amide bonds. The molecule has 0 saturated carbocycles. The fraction of sp³-hybridized carbons (Fsp3) is 0.636. The van der Waals surface area contributed by atoms with E-state index < -0.39 is 0 Å². The summed E-state index contributed by atoms with van der Waals surface area (Å²) in [4.78, 5) is 15.9. The van der Waals surface area contributed by atoms with Crippen molar-refractivity contribution in [1.29, 1.82) is 0 Å². The topological polar surface area (TPSA) is 54.0 Å². The highest BCUT2D eigenvalue weighted by Crippen LogP contribution is 2.06. The van der Waals surface area contributed by atoms with Crippen LogP contribution >= 0.6 is 36.2 Å². The lowest BCUT2D eigenvalue weighted by Gasteiger charge is -2.22. The van der Waals surface area contributed by atoms with E-state index in [0.29, 0.717) is 6.54 Å². The van der Waals surface area contributed by atoms with Crippen LogP contribution in [0.1, 0.15) is 25.0 Å². The average molecular weight is 312 g/mol. The molecule has 2 N–H and O–H groups in total. The summed E-state index contributed by atoms with van der Waals surface area (Å²) in [6, 6.07) is 0.0178. The molecule has 18 heavy (non-hydrogen) atoms. The molecule has 104 valence electrons. The summed E-state index contributed by atoms with van der Waals surface area (Å²) in [5.41, 5.74) is 2.88. The second kappa shape index (κ2) is 9.55. The van der Waals surface area contributed by atoms with Gasteiger partial charge in [0.1, 0.15) is 0 Å². The lowest BCUT2D eigenvalue weighted by molar-refractivity contribution is -0.123. The normalized spacial score (nSPS) is 18.3. The molecule has 1 saturated heterocycles. The van der Waals surface area contributed by atoms with Gasteiger partial charge in [0.15, 0.2) is 0 Å². The standard InChI is InChI=1S/C11H17N3OS.2ClH/c15-11(10-3-1-2-5-12-10)13-6-4-9-7-16-8-14-9;;/h7-8,10,12H,1-6H2,(H,13,15);2*1H/t10-;;/m1../s1. The number of hydrogen-bond donors (Lipinski definition) is 2. The van der Waals surface area contributed by atoms with Crippen molar-refractivity contribution in [2.45, 2.75) is 31.7 Å². The van der Waals surface area contributed by atoms with Crippen LogP contribution in [0.5, 0.6) is 0 Å². The highest BCUT2D eigenvalue weighted by atomic mass is 35.5. The van der Waals surface area contributed by atoms with Gasteiger partial charge >= 0.3 is 0 Å². The van der Waals surface area contributed by atoms with Gasteiger partial charge in [0.25, 0.3) is 0 Å². The van der Waals surface area contributed by atoms with Crippen molar-refractivity contribution in [1.82, 2.24) is 15.6 Å². The monoisotopic (exact) mass is 311 g/mol. The number of amides is 1. The number of aromatic nitrogens is 1. The second-order valence-corrected chi connectivity index (χ2v) is 4.74. The van der Waals surface area contributed by atoms with Crippen LogP contribution in [0, 0.1) is 0 Å². The number of thiazole rings is 1. The summed E-state index contributed by atoms with van der Waals surface area (Å²) in [7, 11) is 0. The van der Waals surface area contributed by atoms with E-state index in [9.17, 15) is 4.79 Å². The number of nitrogens with zero attached hydrogens (tertiary/aromatic N) is 1. The van der Waals surface area contributed by atoms with Gasteiger partial charge in [-0.3, -0.25) is 4.79 Å². The molecule has 0 radical (unpaired) electrons. The zero-order valence-electron chi connectivity index (χ0n) is 10.1. The molecule has 1 aliphatic rings. The van der Waals surface area contributed by atoms with Crippen molar-refractivity contribution in [3.8, 4) is 0 Å². The van der Waals surface area contributed by atoms with Crippen LogP contribution in [0.2, 0.25) is 0 Å². The third-order valence-electron chi connectivity index (χ3n) is 2.79. The van der Waals surface area contributed by atoms with E-state index in [4.69, 9.17) is 0 Å². The Morgan fingerprint density at radius 3 is 2.94 bits per heavy atom. The van der Waals surface area contributed by atoms with E-state index in [-0.39, 0.29) is 36.8 Å². The van der Waals surface area contributed by atoms with Crippen molar-refractivity contribution in [2.75, 3.05) is 13.1 Å². The van der Waals surface area contributed by atoms with Crippen molar-refractivity contribution in [3.63, 3.8) is 0 Å². The molecule has 0 unspecified atom stereocenters. The van der Waals surface area contributed by atoms with Gasteiger partial charge in [0.05, 0.1) is 17.2 Å². The predicted octanol–water partition coefficient (Wildman–Crippen LogP) is 1.79. The molecular weight excluding hydrogens is 293 g/mol. The lowest BCUT2D eigenvalue weighted by Crippen LogP contribution is -2.47. The van der Waals surface area contributed by atoms with E-state index in [1.54, 1.807) is 11.3 Å². The summed E-state index contributed by atoms with van der Waals surface area (Å²) >= 11 is 1.59. The Morgan fingerprint density at radius 1 is 1.50 bits per heavy atom. The zero-order valence-corrected chi connectivity index (χ0v) is 12.5. The maximum atomic E-state index is 11.7. The lowest BCUT2D eigenvalue weighted by atomic mass is 10.0. The third kappa shape index (κ3) is 5.52. The summed E-state index contributed by atoms with van der Waals surface area (Å²) in [5.74, 6) is 0.134. The molecule has 1 aliphatic heterocycles. The molecule has 4 nitrogen and oxygen atoms in total. The molecule has 2 rings (SSSR count). The minimum absolute atomic E-state index is 0. The first-order chi connectivity index (χ1) is 7.86. The summed E-state index contributed by atoms with van der Waals surface area (Å²) in [5, 5.41) is 8.21. The molecule has 0 bridgehead atoms. The molecule has 1 fully saturated rings. The molecule has 1 aromatic heterocycles. The van der Waals surface area contributed by atoms with E-state index >= 15 is 0 Å². The van der Waals surface area contributed by atoms with Gasteiger partial charge in [-0.2, -0.15) is 0 Å². The Labute approximate surface area is 124 Å². The molecule has 2 heterocycles. The van der Waals surface area contributed by atoms with Gasteiger partial charge in [-0.05, 0) is 19.4 Å². The minimum Gasteiger partial charge on any atom is -0.354 e. The quantitative estimate of drug-likeness (QED) is 0.891. The summed E-state index contributed by atoms with van der Waals surface area (Å²) in [6.45, 7) is 1.64. The number of hydrogen-bond acceptors (Lipinski definition) is 4. The van der Waals surface area contributed by atoms with Crippen LogP contribution in [-0.4, -0.2) is 30.0 Å². The second-order valence-electron chi connectivity index (χ2n) is 4.02. The van der Waals surface area contributed by atoms with Gasteiger partial charge in [-0.15, -0.1) is 36.2 Å². The van der Waals surface area contributed by atoms with E-state index in [1.165, 1.54) is 6.42 Å². The first-order valence-corrected chi connectivity index (χ1v) is 6.69. The predicted molar refractivity (Wildman–Crippen MR) is 79.0 cm³/mol. The molecule has 1 aromatic rings. The largest absolute Gasteiger partial charge is 0.354 e. The maximum Gasteiger partial charge on any atom is 0.237 e. The summed E-state index contributed by atoms with van der Waals surface area (Å²) in [6.07, 6.45) is 4.12. The molecule has 1 atom stereocenters. The van der Waals surface area contributed by atoms with Gasteiger partial charge in [-0.1, -0.05) is 6.42 Å². The van der Waals surface area contributed by atoms with Gasteiger partial charge < -0.3 is 10.6 Å². The average Bonchev–Trinajstić information content (AvgIpc) is 2.83. The Morgan fingerprint density at radius 2 is 2.33 bits per heavy atom. The van der Waals surface area contributed by atoms with Crippen LogP contribution in [-0.2, 0) is 11.2 Å². The van der Waals surface area contributed by atoms with Crippen LogP contribution in [0.3, 0.4) is 0 Å². The molecule has 0 spiro atoms. The first-order valence-electron chi connectivity index (χ1n) is 5.74. The fourth-order valence-electron chi connectivity index (χ4n) is 1.87. The minimum atomic E-state index is 0. The fourth-order valence-corrected chi connectivity index (χ4v) is 2.47. The van der Waals surface area contributed by atoms with E-state index in [1.807, 2.05) is 10.9 Å². The highest BCUT2D eigenvalue weighted by molar-refractivity contribution is 7.07. The van der Waals surface area contributed by atoms with Crippen LogP contribution < -0.4 is 10.6 Å². The van der Waals surface area contributed by atoms with Gasteiger partial charge in [0.2, 0.25) is 5.91 Å². The van der Waals surface area contributed by atoms with Crippen molar-refractivity contribution < 1.29 is 4.79 Å². The summed E-state index contributed by atoms with van der Waals surface area (Å²) < 4.78 is 0. The molecule has 0 aromatic carbocycles. The van der Waals surface area contributed by atoms with Gasteiger partial charge in [0, 0.05) is 18.3 Å². The number of halogens is 2. The third-order valence-corrected chi connectivity index (χ3v) is 3.43. The SMILES string of the molecule is Cl.Cl.O=C(NCCc1cscn1)[C@H]1CCCCN1. The zero-order chi connectivity index (χ0) is 11.2. The van der Waals surface area contributed by atoms with Crippen molar-refractivity contribution in [3.05, 3.63) is 16.6 Å². The Kier molecular flexibility index (Phi) is 9.36. The number of piperidine rings is 1. The molecule has 0 aliphatic carbocycles. The van der Waals surface area contributed by atoms with Crippen LogP contribution in [0.15, 0.2) is 10.9 Å². The first kappa shape index (κ1) is 17.6. The highest BCUT2D eigenvalue weighted by Gasteiger charge is 2.19. The van der Waals surface area contributed by atoms with E-state index in [0.717, 1.165) is 31.5 Å². The molecular formula is C11H19Cl2N3OS. The number of nitrogens with one attached hydrogen (secondary N) is 2. The smallest absolute Gasteiger partial charge is 0.237 e. The van der Waals surface area contributed by atoms with Crippen molar-refractivity contribution >= 4 is 42.1 Å². The Hall–Kier alpha value is -0.360. The Bertz CT molecular complexity index is 329.